The molecule has 6 nitrogen and oxygen atoms in total. The number of hydrogen-bond donors (Lipinski definition) is 1. The number of nitrogens with zero attached hydrogens (tertiary/aromatic N) is 4. The summed E-state index contributed by atoms with van der Waals surface area (Å²) in [6.45, 7) is 3.87. The molecule has 1 saturated heterocycles. The molecule has 0 spiro atoms. The fraction of sp³-hybridized carbons (Fsp3) is 0.526. The summed E-state index contributed by atoms with van der Waals surface area (Å²) in [7, 11) is 5.97. The van der Waals surface area contributed by atoms with Gasteiger partial charge in [-0.25, -0.2) is 0 Å². The van der Waals surface area contributed by atoms with E-state index in [2.05, 4.69) is 63.2 Å². The summed E-state index contributed by atoms with van der Waals surface area (Å²) in [6.07, 6.45) is 6.35. The van der Waals surface area contributed by atoms with Gasteiger partial charge in [0, 0.05) is 39.6 Å². The maximum Gasteiger partial charge on any atom is 0.193 e. The molecule has 0 bridgehead atoms. The number of rotatable bonds is 6. The van der Waals surface area contributed by atoms with Crippen molar-refractivity contribution in [2.24, 2.45) is 12.0 Å². The van der Waals surface area contributed by atoms with E-state index >= 15 is 0 Å². The largest absolute Gasteiger partial charge is 0.468 e. The predicted molar refractivity (Wildman–Crippen MR) is 116 cm³/mol. The zero-order chi connectivity index (χ0) is 17.6. The Bertz CT molecular complexity index is 676. The Hall–Kier alpha value is -1.48. The first-order valence-corrected chi connectivity index (χ1v) is 8.98. The van der Waals surface area contributed by atoms with Gasteiger partial charge in [-0.05, 0) is 50.2 Å². The van der Waals surface area contributed by atoms with E-state index in [1.165, 1.54) is 18.5 Å². The number of likely N-dealkylation sites (tertiary alicyclic amines) is 1. The second-order valence-corrected chi connectivity index (χ2v) is 6.67. The van der Waals surface area contributed by atoms with Crippen molar-refractivity contribution < 1.29 is 4.42 Å². The maximum absolute atomic E-state index is 5.70. The summed E-state index contributed by atoms with van der Waals surface area (Å²) in [6, 6.07) is 8.49. The van der Waals surface area contributed by atoms with Crippen LogP contribution in [0.5, 0.6) is 0 Å². The fourth-order valence-electron chi connectivity index (χ4n) is 3.50. The molecule has 1 fully saturated rings. The van der Waals surface area contributed by atoms with E-state index < -0.39 is 0 Å². The second-order valence-electron chi connectivity index (χ2n) is 6.67. The highest BCUT2D eigenvalue weighted by Gasteiger charge is 2.26. The quantitative estimate of drug-likeness (QED) is 0.400. The first kappa shape index (κ1) is 20.8. The van der Waals surface area contributed by atoms with Gasteiger partial charge < -0.3 is 19.2 Å². The average Bonchev–Trinajstić information content (AvgIpc) is 3.36. The molecule has 0 saturated carbocycles. The zero-order valence-electron chi connectivity index (χ0n) is 15.9. The number of guanidine groups is 1. The van der Waals surface area contributed by atoms with Crippen molar-refractivity contribution in [3.05, 3.63) is 48.2 Å². The van der Waals surface area contributed by atoms with Gasteiger partial charge in [0.25, 0.3) is 0 Å². The normalized spacial score (nSPS) is 16.3. The molecule has 7 heteroatoms. The molecule has 1 aliphatic heterocycles. The standard InChI is InChI=1S/C19H29N5O.HI/c1-20-19(23(3)15-16-8-6-10-22(16)2)21-14-17(18-9-7-13-25-18)24-11-4-5-12-24;/h6-10,13,17H,4-5,11-12,14-15H2,1-3H3,(H,20,21);1H. The molecule has 0 aromatic carbocycles. The van der Waals surface area contributed by atoms with Crippen molar-refractivity contribution in [1.82, 2.24) is 19.7 Å². The Morgan fingerprint density at radius 2 is 2.08 bits per heavy atom. The molecule has 2 aromatic rings. The first-order valence-electron chi connectivity index (χ1n) is 8.98. The van der Waals surface area contributed by atoms with Crippen molar-refractivity contribution in [2.75, 3.05) is 33.7 Å². The molecule has 3 rings (SSSR count). The summed E-state index contributed by atoms with van der Waals surface area (Å²) in [5.41, 5.74) is 1.26. The molecule has 3 heterocycles. The average molecular weight is 471 g/mol. The number of nitrogens with one attached hydrogen (secondary N) is 1. The van der Waals surface area contributed by atoms with Gasteiger partial charge in [0.05, 0.1) is 18.8 Å². The molecule has 1 unspecified atom stereocenters. The topological polar surface area (TPSA) is 48.9 Å². The molecule has 26 heavy (non-hydrogen) atoms. The maximum atomic E-state index is 5.70. The Morgan fingerprint density at radius 1 is 1.31 bits per heavy atom. The van der Waals surface area contributed by atoms with E-state index in [9.17, 15) is 0 Å². The SMILES string of the molecule is CN=C(NCC(c1ccco1)N1CCCC1)N(C)Cc1cccn1C.I. The highest BCUT2D eigenvalue weighted by Crippen LogP contribution is 2.24. The van der Waals surface area contributed by atoms with E-state index in [1.807, 2.05) is 13.1 Å². The van der Waals surface area contributed by atoms with Crippen LogP contribution < -0.4 is 5.32 Å². The lowest BCUT2D eigenvalue weighted by Gasteiger charge is -2.29. The van der Waals surface area contributed by atoms with Gasteiger partial charge >= 0.3 is 0 Å². The van der Waals surface area contributed by atoms with Gasteiger partial charge in [-0.1, -0.05) is 0 Å². The van der Waals surface area contributed by atoms with E-state index in [-0.39, 0.29) is 30.0 Å². The number of halogens is 1. The molecule has 0 amide bonds. The number of aryl methyl sites for hydroxylation is 1. The third-order valence-electron chi connectivity index (χ3n) is 4.93. The van der Waals surface area contributed by atoms with E-state index in [0.29, 0.717) is 0 Å². The van der Waals surface area contributed by atoms with Gasteiger partial charge in [0.15, 0.2) is 5.96 Å². The van der Waals surface area contributed by atoms with Gasteiger partial charge in [-0.2, -0.15) is 0 Å². The predicted octanol–water partition coefficient (Wildman–Crippen LogP) is 3.08. The molecule has 1 N–H and O–H groups in total. The minimum absolute atomic E-state index is 0. The second kappa shape index (κ2) is 10.0. The van der Waals surface area contributed by atoms with Crippen molar-refractivity contribution in [1.29, 1.82) is 0 Å². The summed E-state index contributed by atoms with van der Waals surface area (Å²) in [5, 5.41) is 3.53. The molecule has 0 radical (unpaired) electrons. The van der Waals surface area contributed by atoms with Crippen molar-refractivity contribution >= 4 is 29.9 Å². The number of aromatic nitrogens is 1. The van der Waals surface area contributed by atoms with E-state index in [1.54, 1.807) is 6.26 Å². The Balaban J connectivity index is 0.00000243. The minimum Gasteiger partial charge on any atom is -0.468 e. The Labute approximate surface area is 173 Å². The molecule has 2 aromatic heterocycles. The highest BCUT2D eigenvalue weighted by molar-refractivity contribution is 14.0. The lowest BCUT2D eigenvalue weighted by Crippen LogP contribution is -2.43. The molecule has 1 aliphatic rings. The fourth-order valence-corrected chi connectivity index (χ4v) is 3.50. The van der Waals surface area contributed by atoms with Crippen LogP contribution in [-0.4, -0.2) is 54.1 Å². The third-order valence-corrected chi connectivity index (χ3v) is 4.93. The smallest absolute Gasteiger partial charge is 0.193 e. The van der Waals surface area contributed by atoms with Crippen molar-refractivity contribution in [3.63, 3.8) is 0 Å². The molecule has 144 valence electrons. The third kappa shape index (κ3) is 5.03. The molecular weight excluding hydrogens is 441 g/mol. The summed E-state index contributed by atoms with van der Waals surface area (Å²) in [5.74, 6) is 1.92. The van der Waals surface area contributed by atoms with Gasteiger partial charge in [-0.3, -0.25) is 9.89 Å². The lowest BCUT2D eigenvalue weighted by atomic mass is 10.2. The van der Waals surface area contributed by atoms with Crippen LogP contribution in [-0.2, 0) is 13.6 Å². The summed E-state index contributed by atoms with van der Waals surface area (Å²) < 4.78 is 7.84. The van der Waals surface area contributed by atoms with Crippen LogP contribution in [0.4, 0.5) is 0 Å². The van der Waals surface area contributed by atoms with E-state index in [4.69, 9.17) is 4.42 Å². The van der Waals surface area contributed by atoms with Crippen molar-refractivity contribution in [2.45, 2.75) is 25.4 Å². The van der Waals surface area contributed by atoms with Gasteiger partial charge in [-0.15, -0.1) is 24.0 Å². The van der Waals surface area contributed by atoms with Crippen LogP contribution in [0.15, 0.2) is 46.1 Å². The first-order chi connectivity index (χ1) is 12.2. The highest BCUT2D eigenvalue weighted by atomic mass is 127. The monoisotopic (exact) mass is 471 g/mol. The zero-order valence-corrected chi connectivity index (χ0v) is 18.2. The van der Waals surface area contributed by atoms with Crippen LogP contribution in [0.1, 0.15) is 30.3 Å². The minimum atomic E-state index is 0. The van der Waals surface area contributed by atoms with Crippen LogP contribution in [0, 0.1) is 0 Å². The summed E-state index contributed by atoms with van der Waals surface area (Å²) in [4.78, 5) is 9.10. The molecule has 1 atom stereocenters. The van der Waals surface area contributed by atoms with Gasteiger partial charge in [0.1, 0.15) is 5.76 Å². The number of aliphatic imine (C=N–C) groups is 1. The lowest BCUT2D eigenvalue weighted by molar-refractivity contribution is 0.214. The molecular formula is C19H30IN5O. The Kier molecular flexibility index (Phi) is 8.02. The Morgan fingerprint density at radius 3 is 2.65 bits per heavy atom. The van der Waals surface area contributed by atoms with E-state index in [0.717, 1.165) is 37.9 Å². The van der Waals surface area contributed by atoms with Crippen LogP contribution in [0.2, 0.25) is 0 Å². The van der Waals surface area contributed by atoms with Crippen molar-refractivity contribution in [3.8, 4) is 0 Å². The molecule has 0 aliphatic carbocycles. The summed E-state index contributed by atoms with van der Waals surface area (Å²) >= 11 is 0. The number of hydrogen-bond acceptors (Lipinski definition) is 3. The van der Waals surface area contributed by atoms with Gasteiger partial charge in [0.2, 0.25) is 0 Å². The van der Waals surface area contributed by atoms with Crippen LogP contribution in [0.3, 0.4) is 0 Å². The van der Waals surface area contributed by atoms with Crippen LogP contribution >= 0.6 is 24.0 Å². The van der Waals surface area contributed by atoms with Crippen LogP contribution in [0.25, 0.3) is 0 Å². The number of furan rings is 1.